The van der Waals surface area contributed by atoms with E-state index in [9.17, 15) is 5.11 Å². The maximum Gasteiger partial charge on any atom is 0.0961 e. The van der Waals surface area contributed by atoms with Gasteiger partial charge in [-0.25, -0.2) is 4.98 Å². The van der Waals surface area contributed by atoms with Crippen LogP contribution in [-0.4, -0.2) is 15.7 Å². The van der Waals surface area contributed by atoms with Crippen molar-refractivity contribution in [3.63, 3.8) is 0 Å². The minimum Gasteiger partial charge on any atom is -0.389 e. The van der Waals surface area contributed by atoms with Gasteiger partial charge in [-0.2, -0.15) is 0 Å². The molecule has 1 heterocycles. The highest BCUT2D eigenvalue weighted by Gasteiger charge is 2.36. The molecule has 2 nitrogen and oxygen atoms in total. The third-order valence-electron chi connectivity index (χ3n) is 4.49. The van der Waals surface area contributed by atoms with Gasteiger partial charge in [0.1, 0.15) is 0 Å². The second-order valence-corrected chi connectivity index (χ2v) is 6.86. The first-order valence-electron chi connectivity index (χ1n) is 7.39. The summed E-state index contributed by atoms with van der Waals surface area (Å²) in [5.74, 6) is 0.375. The van der Waals surface area contributed by atoms with Crippen molar-refractivity contribution in [2.75, 3.05) is 0 Å². The highest BCUT2D eigenvalue weighted by Crippen LogP contribution is 2.37. The Kier molecular flexibility index (Phi) is 3.90. The van der Waals surface area contributed by atoms with E-state index in [1.807, 2.05) is 18.2 Å². The third-order valence-corrected chi connectivity index (χ3v) is 5.34. The van der Waals surface area contributed by atoms with Gasteiger partial charge in [-0.15, -0.1) is 11.3 Å². The summed E-state index contributed by atoms with van der Waals surface area (Å²) in [6.07, 6.45) is 5.13. The lowest BCUT2D eigenvalue weighted by atomic mass is 9.75. The van der Waals surface area contributed by atoms with Crippen LogP contribution in [0.25, 0.3) is 11.3 Å². The van der Waals surface area contributed by atoms with Gasteiger partial charge in [-0.3, -0.25) is 0 Å². The summed E-state index contributed by atoms with van der Waals surface area (Å²) >= 11 is 1.67. The van der Waals surface area contributed by atoms with E-state index in [0.717, 1.165) is 35.5 Å². The van der Waals surface area contributed by atoms with Gasteiger partial charge in [-0.05, 0) is 18.8 Å². The van der Waals surface area contributed by atoms with Gasteiger partial charge in [0.2, 0.25) is 0 Å². The zero-order valence-corrected chi connectivity index (χ0v) is 12.7. The van der Waals surface area contributed by atoms with Crippen LogP contribution >= 0.6 is 11.3 Å². The van der Waals surface area contributed by atoms with Gasteiger partial charge in [0.15, 0.2) is 0 Å². The van der Waals surface area contributed by atoms with E-state index in [1.165, 1.54) is 6.42 Å². The summed E-state index contributed by atoms with van der Waals surface area (Å²) in [7, 11) is 0. The van der Waals surface area contributed by atoms with Crippen LogP contribution in [0.2, 0.25) is 0 Å². The number of benzene rings is 1. The Labute approximate surface area is 124 Å². The van der Waals surface area contributed by atoms with Crippen molar-refractivity contribution in [2.45, 2.75) is 44.6 Å². The number of nitrogens with zero attached hydrogens (tertiary/aromatic N) is 1. The van der Waals surface area contributed by atoms with E-state index in [1.54, 1.807) is 11.3 Å². The van der Waals surface area contributed by atoms with Gasteiger partial charge in [0.05, 0.1) is 16.3 Å². The molecule has 0 spiro atoms. The minimum atomic E-state index is -0.552. The SMILES string of the molecule is CC1CCCCC1(O)Cc1nc(-c2ccccc2)cs1. The Hall–Kier alpha value is -1.19. The number of hydrogen-bond acceptors (Lipinski definition) is 3. The predicted octanol–water partition coefficient (Wildman–Crippen LogP) is 4.29. The molecular weight excluding hydrogens is 266 g/mol. The predicted molar refractivity (Wildman–Crippen MR) is 83.8 cm³/mol. The number of aromatic nitrogens is 1. The van der Waals surface area contributed by atoms with Crippen molar-refractivity contribution in [1.82, 2.24) is 4.98 Å². The van der Waals surface area contributed by atoms with E-state index in [2.05, 4.69) is 24.4 Å². The van der Waals surface area contributed by atoms with Crippen molar-refractivity contribution in [3.05, 3.63) is 40.7 Å². The van der Waals surface area contributed by atoms with Gasteiger partial charge >= 0.3 is 0 Å². The molecule has 1 fully saturated rings. The highest BCUT2D eigenvalue weighted by molar-refractivity contribution is 7.09. The normalized spacial score (nSPS) is 26.6. The first-order chi connectivity index (χ1) is 9.67. The van der Waals surface area contributed by atoms with Crippen molar-refractivity contribution in [2.24, 2.45) is 5.92 Å². The van der Waals surface area contributed by atoms with E-state index in [4.69, 9.17) is 4.98 Å². The molecule has 0 radical (unpaired) electrons. The molecule has 1 aliphatic rings. The average Bonchev–Trinajstić information content (AvgIpc) is 2.92. The lowest BCUT2D eigenvalue weighted by molar-refractivity contribution is -0.0405. The first-order valence-corrected chi connectivity index (χ1v) is 8.27. The fourth-order valence-electron chi connectivity index (χ4n) is 3.05. The van der Waals surface area contributed by atoms with Crippen molar-refractivity contribution in [3.8, 4) is 11.3 Å². The van der Waals surface area contributed by atoms with Crippen LogP contribution in [0.4, 0.5) is 0 Å². The van der Waals surface area contributed by atoms with Gasteiger partial charge in [0, 0.05) is 17.4 Å². The third kappa shape index (κ3) is 2.79. The maximum atomic E-state index is 10.8. The molecule has 1 saturated carbocycles. The molecule has 0 saturated heterocycles. The van der Waals surface area contributed by atoms with Crippen LogP contribution < -0.4 is 0 Å². The van der Waals surface area contributed by atoms with Gasteiger partial charge in [-0.1, -0.05) is 50.1 Å². The summed E-state index contributed by atoms with van der Waals surface area (Å²) < 4.78 is 0. The Morgan fingerprint density at radius 1 is 1.30 bits per heavy atom. The Morgan fingerprint density at radius 2 is 2.10 bits per heavy atom. The summed E-state index contributed by atoms with van der Waals surface area (Å²) in [5, 5.41) is 14.0. The number of thiazole rings is 1. The molecule has 2 aromatic rings. The molecular formula is C17H21NOS. The molecule has 1 aromatic carbocycles. The largest absolute Gasteiger partial charge is 0.389 e. The van der Waals surface area contributed by atoms with Crippen LogP contribution in [0.15, 0.2) is 35.7 Å². The van der Waals surface area contributed by atoms with Crippen molar-refractivity contribution >= 4 is 11.3 Å². The van der Waals surface area contributed by atoms with E-state index < -0.39 is 5.60 Å². The molecule has 3 rings (SSSR count). The monoisotopic (exact) mass is 287 g/mol. The molecule has 0 aliphatic heterocycles. The topological polar surface area (TPSA) is 33.1 Å². The molecule has 0 bridgehead atoms. The molecule has 106 valence electrons. The maximum absolute atomic E-state index is 10.8. The quantitative estimate of drug-likeness (QED) is 0.913. The lowest BCUT2D eigenvalue weighted by Gasteiger charge is -2.37. The summed E-state index contributed by atoms with van der Waals surface area (Å²) in [4.78, 5) is 4.71. The van der Waals surface area contributed by atoms with Crippen LogP contribution in [0, 0.1) is 5.92 Å². The van der Waals surface area contributed by atoms with Gasteiger partial charge < -0.3 is 5.11 Å². The van der Waals surface area contributed by atoms with Gasteiger partial charge in [0.25, 0.3) is 0 Å². The molecule has 0 amide bonds. The average molecular weight is 287 g/mol. The molecule has 20 heavy (non-hydrogen) atoms. The van der Waals surface area contributed by atoms with Crippen LogP contribution in [0.5, 0.6) is 0 Å². The second kappa shape index (κ2) is 5.66. The number of aliphatic hydroxyl groups is 1. The van der Waals surface area contributed by atoms with Crippen LogP contribution in [0.3, 0.4) is 0 Å². The minimum absolute atomic E-state index is 0.375. The fraction of sp³-hybridized carbons (Fsp3) is 0.471. The number of rotatable bonds is 3. The van der Waals surface area contributed by atoms with E-state index in [0.29, 0.717) is 12.3 Å². The smallest absolute Gasteiger partial charge is 0.0961 e. The van der Waals surface area contributed by atoms with Crippen molar-refractivity contribution < 1.29 is 5.11 Å². The Bertz CT molecular complexity index is 565. The summed E-state index contributed by atoms with van der Waals surface area (Å²) in [5.41, 5.74) is 1.63. The van der Waals surface area contributed by atoms with Crippen molar-refractivity contribution in [1.29, 1.82) is 0 Å². The zero-order valence-electron chi connectivity index (χ0n) is 11.9. The highest BCUT2D eigenvalue weighted by atomic mass is 32.1. The summed E-state index contributed by atoms with van der Waals surface area (Å²) in [6, 6.07) is 10.2. The Morgan fingerprint density at radius 3 is 2.85 bits per heavy atom. The lowest BCUT2D eigenvalue weighted by Crippen LogP contribution is -2.41. The molecule has 1 aliphatic carbocycles. The van der Waals surface area contributed by atoms with Crippen LogP contribution in [-0.2, 0) is 6.42 Å². The molecule has 2 atom stereocenters. The zero-order chi connectivity index (χ0) is 14.0. The number of hydrogen-bond donors (Lipinski definition) is 1. The van der Waals surface area contributed by atoms with Crippen LogP contribution in [0.1, 0.15) is 37.6 Å². The fourth-order valence-corrected chi connectivity index (χ4v) is 3.98. The summed E-state index contributed by atoms with van der Waals surface area (Å²) in [6.45, 7) is 2.17. The van der Waals surface area contributed by atoms with E-state index >= 15 is 0 Å². The molecule has 1 aromatic heterocycles. The second-order valence-electron chi connectivity index (χ2n) is 5.92. The Balaban J connectivity index is 1.77. The van der Waals surface area contributed by atoms with E-state index in [-0.39, 0.29) is 0 Å². The standard InChI is InChI=1S/C17H21NOS/c1-13-7-5-6-10-17(13,19)11-16-18-15(12-20-16)14-8-3-2-4-9-14/h2-4,8-9,12-13,19H,5-7,10-11H2,1H3. The first kappa shape index (κ1) is 13.8. The molecule has 1 N–H and O–H groups in total. The molecule has 2 unspecified atom stereocenters. The molecule has 3 heteroatoms.